The zero-order chi connectivity index (χ0) is 18.4. The van der Waals surface area contributed by atoms with Crippen LogP contribution >= 0.6 is 0 Å². The molecule has 134 valence electrons. The highest BCUT2D eigenvalue weighted by molar-refractivity contribution is 5.85. The number of fused-ring (bicyclic) bond motifs is 1. The maximum atomic E-state index is 13.3. The molecule has 0 unspecified atom stereocenters. The van der Waals surface area contributed by atoms with Gasteiger partial charge in [-0.05, 0) is 48.7 Å². The number of hydrogen-bond donors (Lipinski definition) is 1. The average Bonchev–Trinajstić information content (AvgIpc) is 2.59. The second-order valence-corrected chi connectivity index (χ2v) is 5.59. The molecule has 0 heterocycles. The fourth-order valence-corrected chi connectivity index (χ4v) is 2.61. The quantitative estimate of drug-likeness (QED) is 0.779. The minimum absolute atomic E-state index is 0.103. The summed E-state index contributed by atoms with van der Waals surface area (Å²) in [5, 5.41) is 11.7. The number of esters is 2. The fourth-order valence-electron chi connectivity index (χ4n) is 2.61. The van der Waals surface area contributed by atoms with Crippen LogP contribution in [0, 0.1) is 11.7 Å². The van der Waals surface area contributed by atoms with E-state index in [1.54, 1.807) is 38.1 Å². The first-order chi connectivity index (χ1) is 12.0. The summed E-state index contributed by atoms with van der Waals surface area (Å²) in [6.07, 6.45) is -1.51. The molecule has 0 saturated carbocycles. The fraction of sp³-hybridized carbons (Fsp3) is 0.368. The highest BCUT2D eigenvalue weighted by Crippen LogP contribution is 2.21. The van der Waals surface area contributed by atoms with Crippen LogP contribution in [-0.4, -0.2) is 36.4 Å². The Hall–Kier alpha value is -2.47. The van der Waals surface area contributed by atoms with Gasteiger partial charge in [0.2, 0.25) is 0 Å². The van der Waals surface area contributed by atoms with E-state index in [9.17, 15) is 19.1 Å². The second kappa shape index (κ2) is 8.58. The van der Waals surface area contributed by atoms with Crippen LogP contribution in [0.1, 0.15) is 19.4 Å². The lowest BCUT2D eigenvalue weighted by Gasteiger charge is -2.20. The van der Waals surface area contributed by atoms with Crippen LogP contribution in [0.3, 0.4) is 0 Å². The molecule has 2 aromatic rings. The van der Waals surface area contributed by atoms with Gasteiger partial charge in [0, 0.05) is 0 Å². The predicted octanol–water partition coefficient (Wildman–Crippen LogP) is 2.62. The van der Waals surface area contributed by atoms with E-state index in [4.69, 9.17) is 9.47 Å². The van der Waals surface area contributed by atoms with Crippen molar-refractivity contribution in [2.45, 2.75) is 26.4 Å². The van der Waals surface area contributed by atoms with Crippen molar-refractivity contribution in [1.29, 1.82) is 0 Å². The monoisotopic (exact) mass is 348 g/mol. The van der Waals surface area contributed by atoms with Crippen molar-refractivity contribution >= 4 is 22.7 Å². The smallest absolute Gasteiger partial charge is 0.335 e. The third-order valence-electron chi connectivity index (χ3n) is 3.82. The van der Waals surface area contributed by atoms with Crippen LogP contribution in [-0.2, 0) is 25.5 Å². The van der Waals surface area contributed by atoms with Gasteiger partial charge in [0.1, 0.15) is 5.82 Å². The summed E-state index contributed by atoms with van der Waals surface area (Å²) in [6, 6.07) is 9.64. The number of ether oxygens (including phenoxy) is 2. The molecular formula is C19H21FO5. The first kappa shape index (κ1) is 18.9. The topological polar surface area (TPSA) is 72.8 Å². The number of halogens is 1. The molecule has 0 aliphatic carbocycles. The van der Waals surface area contributed by atoms with Gasteiger partial charge in [0.15, 0.2) is 6.10 Å². The van der Waals surface area contributed by atoms with Gasteiger partial charge >= 0.3 is 11.9 Å². The molecule has 1 N–H and O–H groups in total. The molecule has 25 heavy (non-hydrogen) atoms. The highest BCUT2D eigenvalue weighted by Gasteiger charge is 2.34. The Morgan fingerprint density at radius 2 is 1.60 bits per heavy atom. The predicted molar refractivity (Wildman–Crippen MR) is 90.4 cm³/mol. The standard InChI is InChI=1S/C19H21FO5/c1-3-24-18(22)16(17(21)19(23)25-4-2)10-12-5-6-14-11-15(20)8-7-13(14)9-12/h5-9,11,16-17,21H,3-4,10H2,1-2H3/t16-,17+/m1/s1. The van der Waals surface area contributed by atoms with E-state index < -0.39 is 24.0 Å². The van der Waals surface area contributed by atoms with Gasteiger partial charge in [-0.1, -0.05) is 24.3 Å². The summed E-state index contributed by atoms with van der Waals surface area (Å²) in [4.78, 5) is 24.0. The minimum Gasteiger partial charge on any atom is -0.466 e. The zero-order valence-corrected chi connectivity index (χ0v) is 14.2. The van der Waals surface area contributed by atoms with Crippen molar-refractivity contribution < 1.29 is 28.6 Å². The lowest BCUT2D eigenvalue weighted by Crippen LogP contribution is -2.38. The van der Waals surface area contributed by atoms with Crippen LogP contribution in [0.4, 0.5) is 4.39 Å². The summed E-state index contributed by atoms with van der Waals surface area (Å²) in [7, 11) is 0. The molecule has 0 aliphatic rings. The molecule has 0 amide bonds. The first-order valence-corrected chi connectivity index (χ1v) is 8.15. The first-order valence-electron chi connectivity index (χ1n) is 8.15. The van der Waals surface area contributed by atoms with E-state index in [1.807, 2.05) is 0 Å². The Morgan fingerprint density at radius 3 is 2.28 bits per heavy atom. The molecular weight excluding hydrogens is 327 g/mol. The van der Waals surface area contributed by atoms with E-state index in [0.717, 1.165) is 16.3 Å². The Morgan fingerprint density at radius 1 is 1.00 bits per heavy atom. The molecule has 0 aliphatic heterocycles. The van der Waals surface area contributed by atoms with Crippen molar-refractivity contribution in [2.24, 2.45) is 5.92 Å². The van der Waals surface area contributed by atoms with Crippen LogP contribution in [0.2, 0.25) is 0 Å². The summed E-state index contributed by atoms with van der Waals surface area (Å²) < 4.78 is 23.0. The summed E-state index contributed by atoms with van der Waals surface area (Å²) in [5.41, 5.74) is 0.723. The van der Waals surface area contributed by atoms with Crippen molar-refractivity contribution in [3.8, 4) is 0 Å². The van der Waals surface area contributed by atoms with Crippen LogP contribution in [0.25, 0.3) is 10.8 Å². The molecule has 0 spiro atoms. The maximum absolute atomic E-state index is 13.3. The molecule has 2 rings (SSSR count). The highest BCUT2D eigenvalue weighted by atomic mass is 19.1. The van der Waals surface area contributed by atoms with Gasteiger partial charge < -0.3 is 14.6 Å². The Balaban J connectivity index is 2.27. The SMILES string of the molecule is CCOC(=O)[C@@H](O)[C@@H](Cc1ccc2cc(F)ccc2c1)C(=O)OCC. The van der Waals surface area contributed by atoms with E-state index >= 15 is 0 Å². The zero-order valence-electron chi connectivity index (χ0n) is 14.2. The van der Waals surface area contributed by atoms with Crippen LogP contribution in [0.5, 0.6) is 0 Å². The number of aliphatic hydroxyl groups excluding tert-OH is 1. The Labute approximate surface area is 145 Å². The van der Waals surface area contributed by atoms with E-state index in [2.05, 4.69) is 0 Å². The number of benzene rings is 2. The number of rotatable bonds is 7. The van der Waals surface area contributed by atoms with Gasteiger partial charge in [-0.2, -0.15) is 0 Å². The molecule has 2 atom stereocenters. The molecule has 6 heteroatoms. The molecule has 0 fully saturated rings. The summed E-state index contributed by atoms with van der Waals surface area (Å²) in [5.74, 6) is -2.93. The van der Waals surface area contributed by atoms with Gasteiger partial charge in [-0.25, -0.2) is 9.18 Å². The number of hydrogen-bond acceptors (Lipinski definition) is 5. The van der Waals surface area contributed by atoms with Gasteiger partial charge in [-0.3, -0.25) is 4.79 Å². The van der Waals surface area contributed by atoms with Crippen molar-refractivity contribution in [2.75, 3.05) is 13.2 Å². The normalized spacial score (nSPS) is 13.3. The Kier molecular flexibility index (Phi) is 6.47. The molecule has 5 nitrogen and oxygen atoms in total. The van der Waals surface area contributed by atoms with E-state index in [0.29, 0.717) is 0 Å². The van der Waals surface area contributed by atoms with E-state index in [1.165, 1.54) is 12.1 Å². The van der Waals surface area contributed by atoms with Gasteiger partial charge in [0.05, 0.1) is 19.1 Å². The van der Waals surface area contributed by atoms with Gasteiger partial charge in [-0.15, -0.1) is 0 Å². The van der Waals surface area contributed by atoms with Crippen molar-refractivity contribution in [3.05, 3.63) is 47.8 Å². The molecule has 0 aromatic heterocycles. The van der Waals surface area contributed by atoms with Crippen molar-refractivity contribution in [3.63, 3.8) is 0 Å². The molecule has 2 aromatic carbocycles. The van der Waals surface area contributed by atoms with Crippen molar-refractivity contribution in [1.82, 2.24) is 0 Å². The third-order valence-corrected chi connectivity index (χ3v) is 3.82. The van der Waals surface area contributed by atoms with Crippen LogP contribution < -0.4 is 0 Å². The molecule has 0 bridgehead atoms. The lowest BCUT2D eigenvalue weighted by molar-refractivity contribution is -0.166. The number of carbonyl (C=O) groups is 2. The minimum atomic E-state index is -1.61. The summed E-state index contributed by atoms with van der Waals surface area (Å²) in [6.45, 7) is 3.51. The van der Waals surface area contributed by atoms with Crippen LogP contribution in [0.15, 0.2) is 36.4 Å². The number of aliphatic hydroxyl groups is 1. The van der Waals surface area contributed by atoms with Gasteiger partial charge in [0.25, 0.3) is 0 Å². The average molecular weight is 348 g/mol. The largest absolute Gasteiger partial charge is 0.466 e. The lowest BCUT2D eigenvalue weighted by atomic mass is 9.92. The number of carbonyl (C=O) groups excluding carboxylic acids is 2. The van der Waals surface area contributed by atoms with E-state index in [-0.39, 0.29) is 25.5 Å². The maximum Gasteiger partial charge on any atom is 0.335 e. The second-order valence-electron chi connectivity index (χ2n) is 5.59. The summed E-state index contributed by atoms with van der Waals surface area (Å²) >= 11 is 0. The molecule has 0 radical (unpaired) electrons. The Bertz CT molecular complexity index is 759. The third kappa shape index (κ3) is 4.76. The molecule has 0 saturated heterocycles.